The highest BCUT2D eigenvalue weighted by molar-refractivity contribution is 6.31. The highest BCUT2D eigenvalue weighted by Crippen LogP contribution is 2.35. The van der Waals surface area contributed by atoms with Crippen molar-refractivity contribution in [3.8, 4) is 0 Å². The first kappa shape index (κ1) is 10.4. The Hall–Kier alpha value is -1.80. The van der Waals surface area contributed by atoms with Gasteiger partial charge in [-0.15, -0.1) is 0 Å². The summed E-state index contributed by atoms with van der Waals surface area (Å²) < 4.78 is 0. The highest BCUT2D eigenvalue weighted by Gasteiger charge is 2.12. The molecule has 0 radical (unpaired) electrons. The Morgan fingerprint density at radius 1 is 1.06 bits per heavy atom. The summed E-state index contributed by atoms with van der Waals surface area (Å²) in [5.41, 5.74) is 5.06. The summed E-state index contributed by atoms with van der Waals surface area (Å²) in [4.78, 5) is 4.62. The van der Waals surface area contributed by atoms with Crippen molar-refractivity contribution in [1.29, 1.82) is 0 Å². The van der Waals surface area contributed by atoms with Gasteiger partial charge in [-0.05, 0) is 31.2 Å². The summed E-state index contributed by atoms with van der Waals surface area (Å²) >= 11 is 6.00. The van der Waals surface area contributed by atoms with Gasteiger partial charge in [0.15, 0.2) is 0 Å². The first-order chi connectivity index (χ1) is 8.24. The number of anilines is 2. The third-order valence-corrected chi connectivity index (χ3v) is 3.07. The van der Waals surface area contributed by atoms with E-state index in [1.807, 2.05) is 43.3 Å². The fourth-order valence-corrected chi connectivity index (χ4v) is 2.17. The molecule has 1 N–H and O–H groups in total. The van der Waals surface area contributed by atoms with Gasteiger partial charge in [-0.2, -0.15) is 0 Å². The second-order valence-electron chi connectivity index (χ2n) is 4.03. The van der Waals surface area contributed by atoms with E-state index < -0.39 is 0 Å². The summed E-state index contributed by atoms with van der Waals surface area (Å²) in [5.74, 6) is 0. The third-order valence-electron chi connectivity index (χ3n) is 2.83. The molecule has 0 spiro atoms. The van der Waals surface area contributed by atoms with Gasteiger partial charge in [0, 0.05) is 22.0 Å². The Morgan fingerprint density at radius 2 is 1.88 bits per heavy atom. The van der Waals surface area contributed by atoms with E-state index in [1.54, 1.807) is 0 Å². The SMILES string of the molecule is CC1=Nc2ccc(Cl)cc2Nc2ccccc21. The number of benzene rings is 2. The van der Waals surface area contributed by atoms with Gasteiger partial charge in [-0.3, -0.25) is 4.99 Å². The number of halogens is 1. The second-order valence-corrected chi connectivity index (χ2v) is 4.47. The molecule has 1 heterocycles. The maximum atomic E-state index is 6.00. The Balaban J connectivity index is 2.24. The summed E-state index contributed by atoms with van der Waals surface area (Å²) in [5, 5.41) is 4.09. The molecule has 3 rings (SSSR count). The Morgan fingerprint density at radius 3 is 2.76 bits per heavy atom. The predicted molar refractivity (Wildman–Crippen MR) is 73.0 cm³/mol. The fourth-order valence-electron chi connectivity index (χ4n) is 2.00. The lowest BCUT2D eigenvalue weighted by atomic mass is 10.1. The molecule has 0 amide bonds. The van der Waals surface area contributed by atoms with Crippen molar-refractivity contribution >= 4 is 34.4 Å². The molecule has 0 saturated carbocycles. The van der Waals surface area contributed by atoms with E-state index in [2.05, 4.69) is 16.4 Å². The molecule has 0 aromatic heterocycles. The number of aliphatic imine (C=N–C) groups is 1. The quantitative estimate of drug-likeness (QED) is 0.721. The minimum absolute atomic E-state index is 0.712. The molecule has 0 unspecified atom stereocenters. The molecule has 84 valence electrons. The van der Waals surface area contributed by atoms with Crippen LogP contribution in [0.2, 0.25) is 5.02 Å². The average molecular weight is 243 g/mol. The number of nitrogens with one attached hydrogen (secondary N) is 1. The zero-order valence-corrected chi connectivity index (χ0v) is 10.1. The topological polar surface area (TPSA) is 24.4 Å². The van der Waals surface area contributed by atoms with Crippen LogP contribution in [-0.2, 0) is 0 Å². The lowest BCUT2D eigenvalue weighted by Crippen LogP contribution is -1.97. The predicted octanol–water partition coefficient (Wildman–Crippen LogP) is 4.54. The van der Waals surface area contributed by atoms with E-state index in [4.69, 9.17) is 11.6 Å². The van der Waals surface area contributed by atoms with E-state index in [-0.39, 0.29) is 0 Å². The summed E-state index contributed by atoms with van der Waals surface area (Å²) in [6.07, 6.45) is 0. The van der Waals surface area contributed by atoms with E-state index in [9.17, 15) is 0 Å². The van der Waals surface area contributed by atoms with Gasteiger partial charge >= 0.3 is 0 Å². The molecular weight excluding hydrogens is 232 g/mol. The van der Waals surface area contributed by atoms with Crippen LogP contribution < -0.4 is 5.32 Å². The fraction of sp³-hybridized carbons (Fsp3) is 0.0714. The molecule has 3 heteroatoms. The molecule has 17 heavy (non-hydrogen) atoms. The van der Waals surface area contributed by atoms with Crippen molar-refractivity contribution in [2.24, 2.45) is 4.99 Å². The molecule has 0 bridgehead atoms. The van der Waals surface area contributed by atoms with Crippen LogP contribution in [-0.4, -0.2) is 5.71 Å². The normalized spacial score (nSPS) is 12.9. The molecular formula is C14H11ClN2. The van der Waals surface area contributed by atoms with E-state index in [0.717, 1.165) is 28.3 Å². The minimum Gasteiger partial charge on any atom is -0.353 e. The number of nitrogens with zero attached hydrogens (tertiary/aromatic N) is 1. The van der Waals surface area contributed by atoms with Crippen LogP contribution in [0.3, 0.4) is 0 Å². The molecule has 2 aromatic carbocycles. The van der Waals surface area contributed by atoms with Crippen molar-refractivity contribution in [1.82, 2.24) is 0 Å². The third kappa shape index (κ3) is 1.81. The number of fused-ring (bicyclic) bond motifs is 2. The molecule has 2 aromatic rings. The van der Waals surface area contributed by atoms with Crippen molar-refractivity contribution < 1.29 is 0 Å². The summed E-state index contributed by atoms with van der Waals surface area (Å²) in [6, 6.07) is 13.8. The van der Waals surface area contributed by atoms with Gasteiger partial charge in [-0.1, -0.05) is 29.8 Å². The second kappa shape index (κ2) is 3.90. The van der Waals surface area contributed by atoms with Gasteiger partial charge in [0.1, 0.15) is 0 Å². The van der Waals surface area contributed by atoms with Crippen LogP contribution in [0.25, 0.3) is 0 Å². The highest BCUT2D eigenvalue weighted by atomic mass is 35.5. The van der Waals surface area contributed by atoms with Gasteiger partial charge in [0.2, 0.25) is 0 Å². The lowest BCUT2D eigenvalue weighted by Gasteiger charge is -2.08. The van der Waals surface area contributed by atoms with Crippen LogP contribution in [0.4, 0.5) is 17.1 Å². The van der Waals surface area contributed by atoms with E-state index in [1.165, 1.54) is 0 Å². The molecule has 1 aliphatic heterocycles. The van der Waals surface area contributed by atoms with Gasteiger partial charge < -0.3 is 5.32 Å². The maximum Gasteiger partial charge on any atom is 0.0868 e. The van der Waals surface area contributed by atoms with Crippen LogP contribution in [0, 0.1) is 0 Å². The van der Waals surface area contributed by atoms with Crippen LogP contribution in [0.5, 0.6) is 0 Å². The Bertz CT molecular complexity index is 617. The molecule has 2 nitrogen and oxygen atoms in total. The zero-order valence-electron chi connectivity index (χ0n) is 9.37. The smallest absolute Gasteiger partial charge is 0.0868 e. The zero-order chi connectivity index (χ0) is 11.8. The molecule has 0 aliphatic carbocycles. The molecule has 0 saturated heterocycles. The van der Waals surface area contributed by atoms with E-state index in [0.29, 0.717) is 5.02 Å². The van der Waals surface area contributed by atoms with E-state index >= 15 is 0 Å². The van der Waals surface area contributed by atoms with Gasteiger partial charge in [-0.25, -0.2) is 0 Å². The van der Waals surface area contributed by atoms with Crippen molar-refractivity contribution in [3.63, 3.8) is 0 Å². The largest absolute Gasteiger partial charge is 0.353 e. The minimum atomic E-state index is 0.712. The number of hydrogen-bond donors (Lipinski definition) is 1. The van der Waals surface area contributed by atoms with Gasteiger partial charge in [0.05, 0.1) is 11.4 Å². The number of para-hydroxylation sites is 1. The van der Waals surface area contributed by atoms with Gasteiger partial charge in [0.25, 0.3) is 0 Å². The Labute approximate surface area is 105 Å². The first-order valence-electron chi connectivity index (χ1n) is 5.45. The Kier molecular flexibility index (Phi) is 2.37. The average Bonchev–Trinajstić information content (AvgIpc) is 2.46. The standard InChI is InChI=1S/C14H11ClN2/c1-9-11-4-2-3-5-12(11)17-14-8-10(15)6-7-13(14)16-9/h2-8,17H,1H3. The van der Waals surface area contributed by atoms with Crippen molar-refractivity contribution in [3.05, 3.63) is 53.1 Å². The van der Waals surface area contributed by atoms with Crippen LogP contribution >= 0.6 is 11.6 Å². The number of rotatable bonds is 0. The number of hydrogen-bond acceptors (Lipinski definition) is 2. The monoisotopic (exact) mass is 242 g/mol. The van der Waals surface area contributed by atoms with Crippen LogP contribution in [0.1, 0.15) is 12.5 Å². The molecule has 0 atom stereocenters. The first-order valence-corrected chi connectivity index (χ1v) is 5.83. The summed E-state index contributed by atoms with van der Waals surface area (Å²) in [7, 11) is 0. The van der Waals surface area contributed by atoms with Crippen molar-refractivity contribution in [2.75, 3.05) is 5.32 Å². The lowest BCUT2D eigenvalue weighted by molar-refractivity contribution is 1.50. The van der Waals surface area contributed by atoms with Crippen LogP contribution in [0.15, 0.2) is 47.5 Å². The molecule has 1 aliphatic rings. The molecule has 0 fully saturated rings. The summed E-state index contributed by atoms with van der Waals surface area (Å²) in [6.45, 7) is 2.02. The van der Waals surface area contributed by atoms with Crippen molar-refractivity contribution in [2.45, 2.75) is 6.92 Å². The maximum absolute atomic E-state index is 6.00.